The molecule has 2 N–H and O–H groups in total. The Balaban J connectivity index is 0.00000289. The summed E-state index contributed by atoms with van der Waals surface area (Å²) < 4.78 is 16.4. The van der Waals surface area contributed by atoms with E-state index in [1.165, 1.54) is 25.7 Å². The van der Waals surface area contributed by atoms with Crippen LogP contribution in [0, 0.1) is 19.7 Å². The van der Waals surface area contributed by atoms with Crippen molar-refractivity contribution in [3.63, 3.8) is 0 Å². The SMILES string of the molecule is Cc1ccc(F)c(N2CCCC(NC(=NCc3nnc(C)n3C)NC3CCCC3)C2)c1.I. The van der Waals surface area contributed by atoms with E-state index < -0.39 is 0 Å². The highest BCUT2D eigenvalue weighted by Crippen LogP contribution is 2.24. The number of hydrogen-bond acceptors (Lipinski definition) is 4. The summed E-state index contributed by atoms with van der Waals surface area (Å²) in [6.45, 7) is 6.06. The zero-order valence-electron chi connectivity index (χ0n) is 19.3. The highest BCUT2D eigenvalue weighted by Gasteiger charge is 2.24. The van der Waals surface area contributed by atoms with Crippen molar-refractivity contribution >= 4 is 35.6 Å². The second kappa shape index (κ2) is 11.3. The van der Waals surface area contributed by atoms with Gasteiger partial charge in [0.15, 0.2) is 11.8 Å². The van der Waals surface area contributed by atoms with Gasteiger partial charge in [-0.2, -0.15) is 0 Å². The number of nitrogens with zero attached hydrogens (tertiary/aromatic N) is 5. The molecule has 0 amide bonds. The minimum absolute atomic E-state index is 0. The molecule has 1 saturated heterocycles. The molecule has 1 aliphatic heterocycles. The van der Waals surface area contributed by atoms with Crippen LogP contribution >= 0.6 is 24.0 Å². The van der Waals surface area contributed by atoms with Gasteiger partial charge in [0.05, 0.1) is 5.69 Å². The van der Waals surface area contributed by atoms with E-state index in [0.717, 1.165) is 49.1 Å². The molecule has 1 atom stereocenters. The zero-order chi connectivity index (χ0) is 21.8. The van der Waals surface area contributed by atoms with Gasteiger partial charge in [-0.15, -0.1) is 34.2 Å². The summed E-state index contributed by atoms with van der Waals surface area (Å²) in [6, 6.07) is 6.01. The lowest BCUT2D eigenvalue weighted by Gasteiger charge is -2.36. The molecule has 0 radical (unpaired) electrons. The first-order valence-electron chi connectivity index (χ1n) is 11.4. The Morgan fingerprint density at radius 1 is 1.09 bits per heavy atom. The maximum atomic E-state index is 14.4. The quantitative estimate of drug-likeness (QED) is 0.334. The third-order valence-electron chi connectivity index (χ3n) is 6.46. The largest absolute Gasteiger partial charge is 0.367 e. The van der Waals surface area contributed by atoms with Crippen LogP contribution in [0.4, 0.5) is 10.1 Å². The summed E-state index contributed by atoms with van der Waals surface area (Å²) in [4.78, 5) is 6.99. The molecular formula is C23H35FIN7. The molecule has 0 bridgehead atoms. The molecule has 1 aliphatic carbocycles. The number of anilines is 1. The Morgan fingerprint density at radius 2 is 1.81 bits per heavy atom. The van der Waals surface area contributed by atoms with E-state index in [9.17, 15) is 4.39 Å². The first-order valence-corrected chi connectivity index (χ1v) is 11.4. The average molecular weight is 555 g/mol. The first kappa shape index (κ1) is 24.7. The molecule has 2 fully saturated rings. The molecule has 1 aromatic carbocycles. The maximum absolute atomic E-state index is 14.4. The summed E-state index contributed by atoms with van der Waals surface area (Å²) in [5.41, 5.74) is 1.78. The van der Waals surface area contributed by atoms with E-state index in [4.69, 9.17) is 4.99 Å². The summed E-state index contributed by atoms with van der Waals surface area (Å²) in [5, 5.41) is 15.6. The topological polar surface area (TPSA) is 70.4 Å². The maximum Gasteiger partial charge on any atom is 0.192 e. The molecule has 1 saturated carbocycles. The van der Waals surface area contributed by atoms with Gasteiger partial charge in [-0.3, -0.25) is 0 Å². The lowest BCUT2D eigenvalue weighted by molar-refractivity contribution is 0.458. The second-order valence-electron chi connectivity index (χ2n) is 8.90. The lowest BCUT2D eigenvalue weighted by Crippen LogP contribution is -2.53. The minimum atomic E-state index is -0.151. The van der Waals surface area contributed by atoms with Crippen molar-refractivity contribution in [3.8, 4) is 0 Å². The Kier molecular flexibility index (Phi) is 8.72. The van der Waals surface area contributed by atoms with Crippen LogP contribution < -0.4 is 15.5 Å². The van der Waals surface area contributed by atoms with Crippen LogP contribution in [0.1, 0.15) is 55.7 Å². The summed E-state index contributed by atoms with van der Waals surface area (Å²) >= 11 is 0. The van der Waals surface area contributed by atoms with Crippen LogP contribution in [0.3, 0.4) is 0 Å². The number of aryl methyl sites for hydroxylation is 2. The predicted octanol–water partition coefficient (Wildman–Crippen LogP) is 3.84. The Bertz CT molecular complexity index is 923. The first-order chi connectivity index (χ1) is 15.0. The van der Waals surface area contributed by atoms with Crippen molar-refractivity contribution in [2.45, 2.75) is 71.0 Å². The molecule has 176 valence electrons. The summed E-state index contributed by atoms with van der Waals surface area (Å²) in [6.07, 6.45) is 6.93. The number of aliphatic imine (C=N–C) groups is 1. The fourth-order valence-electron chi connectivity index (χ4n) is 4.51. The van der Waals surface area contributed by atoms with Crippen molar-refractivity contribution in [1.29, 1.82) is 0 Å². The van der Waals surface area contributed by atoms with Crippen LogP contribution in [0.15, 0.2) is 23.2 Å². The highest BCUT2D eigenvalue weighted by molar-refractivity contribution is 14.0. The number of halogens is 2. The van der Waals surface area contributed by atoms with Crippen LogP contribution in [0.5, 0.6) is 0 Å². The van der Waals surface area contributed by atoms with E-state index in [-0.39, 0.29) is 35.8 Å². The van der Waals surface area contributed by atoms with Crippen molar-refractivity contribution in [3.05, 3.63) is 41.2 Å². The predicted molar refractivity (Wildman–Crippen MR) is 137 cm³/mol. The van der Waals surface area contributed by atoms with Gasteiger partial charge in [-0.25, -0.2) is 9.38 Å². The van der Waals surface area contributed by atoms with Gasteiger partial charge in [0.1, 0.15) is 18.2 Å². The number of guanidine groups is 1. The Labute approximate surface area is 207 Å². The standard InChI is InChI=1S/C23H34FN7.HI/c1-16-10-11-20(24)21(13-16)31-12-6-9-19(15-31)27-23(26-18-7-4-5-8-18)25-14-22-29-28-17(2)30(22)3;/h10-11,13,18-19H,4-9,12,14-15H2,1-3H3,(H2,25,26,27);1H. The number of piperidine rings is 1. The second-order valence-corrected chi connectivity index (χ2v) is 8.90. The van der Waals surface area contributed by atoms with Gasteiger partial charge >= 0.3 is 0 Å². The Morgan fingerprint density at radius 3 is 2.53 bits per heavy atom. The monoisotopic (exact) mass is 555 g/mol. The van der Waals surface area contributed by atoms with Crippen LogP contribution in [0.25, 0.3) is 0 Å². The zero-order valence-corrected chi connectivity index (χ0v) is 21.6. The molecule has 4 rings (SSSR count). The van der Waals surface area contributed by atoms with Crippen molar-refractivity contribution in [2.75, 3.05) is 18.0 Å². The van der Waals surface area contributed by atoms with E-state index in [1.807, 2.05) is 37.6 Å². The van der Waals surface area contributed by atoms with Crippen LogP contribution in [-0.4, -0.2) is 45.9 Å². The number of aromatic nitrogens is 3. The third-order valence-corrected chi connectivity index (χ3v) is 6.46. The number of hydrogen-bond donors (Lipinski definition) is 2. The molecule has 2 aromatic rings. The van der Waals surface area contributed by atoms with E-state index in [0.29, 0.717) is 18.3 Å². The molecule has 7 nitrogen and oxygen atoms in total. The molecule has 2 aliphatic rings. The summed E-state index contributed by atoms with van der Waals surface area (Å²) in [7, 11) is 1.97. The molecule has 1 aromatic heterocycles. The molecule has 0 spiro atoms. The Hall–Kier alpha value is -1.91. The van der Waals surface area contributed by atoms with Crippen molar-refractivity contribution < 1.29 is 4.39 Å². The normalized spacial score (nSPS) is 19.7. The van der Waals surface area contributed by atoms with Crippen molar-refractivity contribution in [2.24, 2.45) is 12.0 Å². The van der Waals surface area contributed by atoms with Gasteiger partial charge < -0.3 is 20.1 Å². The fourth-order valence-corrected chi connectivity index (χ4v) is 4.51. The van der Waals surface area contributed by atoms with Crippen LogP contribution in [0.2, 0.25) is 0 Å². The van der Waals surface area contributed by atoms with Gasteiger partial charge in [0, 0.05) is 32.2 Å². The molecule has 9 heteroatoms. The van der Waals surface area contributed by atoms with Crippen LogP contribution in [-0.2, 0) is 13.6 Å². The van der Waals surface area contributed by atoms with Gasteiger partial charge in [-0.05, 0) is 57.2 Å². The van der Waals surface area contributed by atoms with Crippen molar-refractivity contribution in [1.82, 2.24) is 25.4 Å². The summed E-state index contributed by atoms with van der Waals surface area (Å²) in [5.74, 6) is 2.40. The lowest BCUT2D eigenvalue weighted by atomic mass is 10.0. The van der Waals surface area contributed by atoms with E-state index in [2.05, 4.69) is 25.7 Å². The molecular weight excluding hydrogens is 520 g/mol. The van der Waals surface area contributed by atoms with E-state index >= 15 is 0 Å². The highest BCUT2D eigenvalue weighted by atomic mass is 127. The minimum Gasteiger partial charge on any atom is -0.367 e. The van der Waals surface area contributed by atoms with Gasteiger partial charge in [0.2, 0.25) is 0 Å². The van der Waals surface area contributed by atoms with Gasteiger partial charge in [-0.1, -0.05) is 18.9 Å². The molecule has 1 unspecified atom stereocenters. The van der Waals surface area contributed by atoms with E-state index in [1.54, 1.807) is 6.07 Å². The number of rotatable bonds is 5. The smallest absolute Gasteiger partial charge is 0.192 e. The average Bonchev–Trinajstić information content (AvgIpc) is 3.38. The molecule has 32 heavy (non-hydrogen) atoms. The van der Waals surface area contributed by atoms with Gasteiger partial charge in [0.25, 0.3) is 0 Å². The fraction of sp³-hybridized carbons (Fsp3) is 0.609. The third kappa shape index (κ3) is 6.11. The number of benzene rings is 1. The number of nitrogens with one attached hydrogen (secondary N) is 2. The molecule has 2 heterocycles.